The van der Waals surface area contributed by atoms with E-state index < -0.39 is 0 Å². The first-order valence-corrected chi connectivity index (χ1v) is 17.6. The summed E-state index contributed by atoms with van der Waals surface area (Å²) in [6.07, 6.45) is 0. The summed E-state index contributed by atoms with van der Waals surface area (Å²) in [6.45, 7) is 4.57. The van der Waals surface area contributed by atoms with Crippen LogP contribution in [0.4, 0.5) is 0 Å². The minimum absolute atomic E-state index is 0.418. The maximum atomic E-state index is 2.38. The van der Waals surface area contributed by atoms with Crippen LogP contribution in [0.15, 0.2) is 164 Å². The van der Waals surface area contributed by atoms with E-state index in [2.05, 4.69) is 178 Å². The normalized spacial score (nSPS) is 11.7. The largest absolute Gasteiger partial charge is 0.135 e. The van der Waals surface area contributed by atoms with Gasteiger partial charge < -0.3 is 0 Å². The van der Waals surface area contributed by atoms with Gasteiger partial charge in [-0.05, 0) is 102 Å². The monoisotopic (exact) mass is 630 g/mol. The molecule has 1 heterocycles. The van der Waals surface area contributed by atoms with Crippen LogP contribution in [0.5, 0.6) is 0 Å². The van der Waals surface area contributed by atoms with Gasteiger partial charge in [0.05, 0.1) is 0 Å². The molecular weight excluding hydrogens is 597 g/mol. The molecular formula is C47H34S. The van der Waals surface area contributed by atoms with Gasteiger partial charge in [0.15, 0.2) is 0 Å². The highest BCUT2D eigenvalue weighted by Crippen LogP contribution is 2.41. The zero-order chi connectivity index (χ0) is 32.2. The van der Waals surface area contributed by atoms with Gasteiger partial charge in [0.2, 0.25) is 0 Å². The number of hydrogen-bond donors (Lipinski definition) is 0. The third kappa shape index (κ3) is 4.91. The molecule has 0 aliphatic carbocycles. The molecule has 0 fully saturated rings. The number of rotatable bonds is 5. The molecule has 48 heavy (non-hydrogen) atoms. The van der Waals surface area contributed by atoms with Crippen molar-refractivity contribution in [2.75, 3.05) is 0 Å². The molecule has 0 spiro atoms. The van der Waals surface area contributed by atoms with Gasteiger partial charge in [-0.2, -0.15) is 0 Å². The number of hydrogen-bond acceptors (Lipinski definition) is 1. The summed E-state index contributed by atoms with van der Waals surface area (Å²) in [7, 11) is 0. The second-order valence-electron chi connectivity index (χ2n) is 13.1. The van der Waals surface area contributed by atoms with Gasteiger partial charge in [-0.25, -0.2) is 0 Å². The van der Waals surface area contributed by atoms with Gasteiger partial charge in [0.1, 0.15) is 0 Å². The Hall–Kier alpha value is -5.50. The molecule has 0 N–H and O–H groups in total. The SMILES string of the molecule is CC(C)c1cc(-c2ccc(-c3cccc4c3sc3ccccc34)cc2)cc(-c2cccc(-c3cc4ccccc4c4ccccc34)c2)c1. The van der Waals surface area contributed by atoms with E-state index >= 15 is 0 Å². The van der Waals surface area contributed by atoms with Crippen LogP contribution in [0, 0.1) is 0 Å². The van der Waals surface area contributed by atoms with Crippen molar-refractivity contribution in [3.05, 3.63) is 169 Å². The van der Waals surface area contributed by atoms with Crippen molar-refractivity contribution in [2.45, 2.75) is 19.8 Å². The lowest BCUT2D eigenvalue weighted by Gasteiger charge is -2.15. The molecule has 1 heteroatoms. The summed E-state index contributed by atoms with van der Waals surface area (Å²) in [5.41, 5.74) is 11.4. The Morgan fingerprint density at radius 2 is 0.979 bits per heavy atom. The van der Waals surface area contributed by atoms with Crippen LogP contribution >= 0.6 is 11.3 Å². The summed E-state index contributed by atoms with van der Waals surface area (Å²) in [4.78, 5) is 0. The molecule has 9 rings (SSSR count). The van der Waals surface area contributed by atoms with Gasteiger partial charge in [0, 0.05) is 20.2 Å². The number of fused-ring (bicyclic) bond motifs is 6. The quantitative estimate of drug-likeness (QED) is 0.166. The summed E-state index contributed by atoms with van der Waals surface area (Å²) in [5, 5.41) is 7.84. The fourth-order valence-corrected chi connectivity index (χ4v) is 8.53. The van der Waals surface area contributed by atoms with E-state index in [1.165, 1.54) is 91.8 Å². The second kappa shape index (κ2) is 11.6. The third-order valence-electron chi connectivity index (χ3n) is 9.83. The molecule has 1 aromatic heterocycles. The number of thiophene rings is 1. The van der Waals surface area contributed by atoms with Crippen molar-refractivity contribution in [3.8, 4) is 44.5 Å². The summed E-state index contributed by atoms with van der Waals surface area (Å²) >= 11 is 1.89. The van der Waals surface area contributed by atoms with E-state index in [1.807, 2.05) is 11.3 Å². The third-order valence-corrected chi connectivity index (χ3v) is 11.1. The fraction of sp³-hybridized carbons (Fsp3) is 0.0638. The molecule has 0 nitrogen and oxygen atoms in total. The highest BCUT2D eigenvalue weighted by molar-refractivity contribution is 7.26. The first-order chi connectivity index (χ1) is 23.6. The molecule has 228 valence electrons. The molecule has 8 aromatic carbocycles. The zero-order valence-corrected chi connectivity index (χ0v) is 27.9. The Morgan fingerprint density at radius 1 is 0.375 bits per heavy atom. The van der Waals surface area contributed by atoms with E-state index in [4.69, 9.17) is 0 Å². The van der Waals surface area contributed by atoms with Crippen molar-refractivity contribution >= 4 is 53.1 Å². The standard InChI is InChI=1S/C47H34S/c1-30(2)36-26-37(31-21-23-32(24-22-31)40-18-10-19-44-43-17-7-8-20-46(43)48-47(40)44)28-38(27-36)33-12-9-13-34(25-33)45-29-35-11-3-4-14-39(35)41-15-5-6-16-42(41)45/h3-30H,1-2H3. The van der Waals surface area contributed by atoms with Gasteiger partial charge in [-0.3, -0.25) is 0 Å². The molecule has 0 saturated heterocycles. The fourth-order valence-electron chi connectivity index (χ4n) is 7.29. The van der Waals surface area contributed by atoms with Gasteiger partial charge in [-0.1, -0.05) is 153 Å². The summed E-state index contributed by atoms with van der Waals surface area (Å²) in [6, 6.07) is 60.7. The maximum absolute atomic E-state index is 2.38. The lowest BCUT2D eigenvalue weighted by molar-refractivity contribution is 0.867. The lowest BCUT2D eigenvalue weighted by Crippen LogP contribution is -1.92. The van der Waals surface area contributed by atoms with Gasteiger partial charge in [0.25, 0.3) is 0 Å². The highest BCUT2D eigenvalue weighted by atomic mass is 32.1. The molecule has 0 saturated carbocycles. The topological polar surface area (TPSA) is 0 Å². The van der Waals surface area contributed by atoms with Crippen LogP contribution in [0.25, 0.3) is 86.2 Å². The molecule has 0 aliphatic rings. The molecule has 0 radical (unpaired) electrons. The van der Waals surface area contributed by atoms with Crippen molar-refractivity contribution in [2.24, 2.45) is 0 Å². The van der Waals surface area contributed by atoms with Crippen LogP contribution < -0.4 is 0 Å². The summed E-state index contributed by atoms with van der Waals surface area (Å²) < 4.78 is 2.70. The molecule has 9 aromatic rings. The molecule has 0 unspecified atom stereocenters. The van der Waals surface area contributed by atoms with Gasteiger partial charge in [-0.15, -0.1) is 11.3 Å². The van der Waals surface area contributed by atoms with E-state index in [0.717, 1.165) is 0 Å². The molecule has 0 aliphatic heterocycles. The van der Waals surface area contributed by atoms with E-state index in [9.17, 15) is 0 Å². The van der Waals surface area contributed by atoms with Crippen LogP contribution in [0.1, 0.15) is 25.3 Å². The van der Waals surface area contributed by atoms with Crippen molar-refractivity contribution in [3.63, 3.8) is 0 Å². The maximum Gasteiger partial charge on any atom is 0.0433 e. The Labute approximate surface area is 285 Å². The van der Waals surface area contributed by atoms with Crippen molar-refractivity contribution in [1.82, 2.24) is 0 Å². The Balaban J connectivity index is 1.12. The molecule has 0 amide bonds. The average Bonchev–Trinajstić information content (AvgIpc) is 3.53. The average molecular weight is 631 g/mol. The van der Waals surface area contributed by atoms with E-state index in [-0.39, 0.29) is 0 Å². The molecule has 0 bridgehead atoms. The molecule has 0 atom stereocenters. The predicted octanol–water partition coefficient (Wildman–Crippen LogP) is 14.2. The van der Waals surface area contributed by atoms with E-state index in [1.54, 1.807) is 0 Å². The van der Waals surface area contributed by atoms with Crippen molar-refractivity contribution < 1.29 is 0 Å². The van der Waals surface area contributed by atoms with Crippen LogP contribution in [0.2, 0.25) is 0 Å². The first-order valence-electron chi connectivity index (χ1n) is 16.8. The van der Waals surface area contributed by atoms with Crippen LogP contribution in [-0.4, -0.2) is 0 Å². The van der Waals surface area contributed by atoms with E-state index in [0.29, 0.717) is 5.92 Å². The smallest absolute Gasteiger partial charge is 0.0433 e. The van der Waals surface area contributed by atoms with Crippen LogP contribution in [0.3, 0.4) is 0 Å². The van der Waals surface area contributed by atoms with Gasteiger partial charge >= 0.3 is 0 Å². The predicted molar refractivity (Wildman–Crippen MR) is 210 cm³/mol. The zero-order valence-electron chi connectivity index (χ0n) is 27.1. The van der Waals surface area contributed by atoms with Crippen LogP contribution in [-0.2, 0) is 0 Å². The summed E-state index contributed by atoms with van der Waals surface area (Å²) in [5.74, 6) is 0.418. The Morgan fingerprint density at radius 3 is 1.79 bits per heavy atom. The second-order valence-corrected chi connectivity index (χ2v) is 14.2. The first kappa shape index (κ1) is 28.7. The van der Waals surface area contributed by atoms with Crippen molar-refractivity contribution in [1.29, 1.82) is 0 Å². The Kier molecular flexibility index (Phi) is 6.95. The highest BCUT2D eigenvalue weighted by Gasteiger charge is 2.14. The lowest BCUT2D eigenvalue weighted by atomic mass is 9.89. The minimum atomic E-state index is 0.418. The Bertz CT molecular complexity index is 2640. The minimum Gasteiger partial charge on any atom is -0.135 e. The number of benzene rings is 8.